The first kappa shape index (κ1) is 10.2. The standard InChI is InChI=1S/C12H18N4/c1-3-16-4-2-11(1)12(8-16)15-7-10-5-13-9-14-6-10/h5-6,9,11-12,15H,1-4,7-8H2. The highest BCUT2D eigenvalue weighted by Gasteiger charge is 2.33. The van der Waals surface area contributed by atoms with Crippen LogP contribution < -0.4 is 5.32 Å². The normalized spacial score (nSPS) is 32.9. The molecule has 0 radical (unpaired) electrons. The quantitative estimate of drug-likeness (QED) is 0.809. The molecule has 1 N–H and O–H groups in total. The van der Waals surface area contributed by atoms with Crippen LogP contribution in [0.3, 0.4) is 0 Å². The van der Waals surface area contributed by atoms with E-state index in [-0.39, 0.29) is 0 Å². The highest BCUT2D eigenvalue weighted by molar-refractivity contribution is 5.03. The van der Waals surface area contributed by atoms with E-state index in [0.29, 0.717) is 6.04 Å². The van der Waals surface area contributed by atoms with Gasteiger partial charge in [0.15, 0.2) is 0 Å². The molecular formula is C12H18N4. The summed E-state index contributed by atoms with van der Waals surface area (Å²) in [4.78, 5) is 10.6. The number of rotatable bonds is 3. The van der Waals surface area contributed by atoms with Crippen LogP contribution in [-0.2, 0) is 6.54 Å². The van der Waals surface area contributed by atoms with Crippen LogP contribution in [0.4, 0.5) is 0 Å². The van der Waals surface area contributed by atoms with Crippen molar-refractivity contribution in [3.8, 4) is 0 Å². The van der Waals surface area contributed by atoms with Crippen LogP contribution in [0, 0.1) is 5.92 Å². The van der Waals surface area contributed by atoms with Gasteiger partial charge in [0.1, 0.15) is 6.33 Å². The third-order valence-corrected chi connectivity index (χ3v) is 3.84. The predicted octanol–water partition coefficient (Wildman–Crippen LogP) is 0.660. The van der Waals surface area contributed by atoms with Crippen LogP contribution >= 0.6 is 0 Å². The second-order valence-corrected chi connectivity index (χ2v) is 4.87. The summed E-state index contributed by atoms with van der Waals surface area (Å²) in [5.41, 5.74) is 1.18. The third-order valence-electron chi connectivity index (χ3n) is 3.84. The van der Waals surface area contributed by atoms with Gasteiger partial charge < -0.3 is 10.2 Å². The molecule has 0 spiro atoms. The van der Waals surface area contributed by atoms with Crippen molar-refractivity contribution >= 4 is 0 Å². The molecule has 86 valence electrons. The van der Waals surface area contributed by atoms with Crippen LogP contribution in [0.5, 0.6) is 0 Å². The van der Waals surface area contributed by atoms with Crippen molar-refractivity contribution in [1.82, 2.24) is 20.2 Å². The van der Waals surface area contributed by atoms with Gasteiger partial charge in [-0.1, -0.05) is 0 Å². The monoisotopic (exact) mass is 218 g/mol. The van der Waals surface area contributed by atoms with Crippen molar-refractivity contribution in [2.75, 3.05) is 19.6 Å². The molecule has 0 amide bonds. The van der Waals surface area contributed by atoms with E-state index < -0.39 is 0 Å². The number of hydrogen-bond acceptors (Lipinski definition) is 4. The van der Waals surface area contributed by atoms with Crippen LogP contribution in [0.2, 0.25) is 0 Å². The average Bonchev–Trinajstić information content (AvgIpc) is 2.39. The molecule has 3 saturated heterocycles. The maximum Gasteiger partial charge on any atom is 0.115 e. The lowest BCUT2D eigenvalue weighted by Gasteiger charge is -2.45. The Balaban J connectivity index is 1.56. The molecule has 1 atom stereocenters. The van der Waals surface area contributed by atoms with Crippen molar-refractivity contribution < 1.29 is 0 Å². The topological polar surface area (TPSA) is 41.1 Å². The number of nitrogens with one attached hydrogen (secondary N) is 1. The summed E-state index contributed by atoms with van der Waals surface area (Å²) in [5.74, 6) is 0.884. The van der Waals surface area contributed by atoms with Crippen molar-refractivity contribution in [1.29, 1.82) is 0 Å². The minimum Gasteiger partial charge on any atom is -0.308 e. The van der Waals surface area contributed by atoms with Gasteiger partial charge in [-0.15, -0.1) is 0 Å². The van der Waals surface area contributed by atoms with Gasteiger partial charge in [0.2, 0.25) is 0 Å². The summed E-state index contributed by atoms with van der Waals surface area (Å²) in [7, 11) is 0. The fourth-order valence-electron chi connectivity index (χ4n) is 2.87. The van der Waals surface area contributed by atoms with Gasteiger partial charge >= 0.3 is 0 Å². The predicted molar refractivity (Wildman–Crippen MR) is 61.8 cm³/mol. The molecule has 4 heteroatoms. The molecule has 1 aromatic heterocycles. The van der Waals surface area contributed by atoms with E-state index in [1.54, 1.807) is 6.33 Å². The van der Waals surface area contributed by atoms with E-state index in [9.17, 15) is 0 Å². The van der Waals surface area contributed by atoms with Crippen molar-refractivity contribution in [3.63, 3.8) is 0 Å². The van der Waals surface area contributed by atoms with Crippen molar-refractivity contribution in [2.45, 2.75) is 25.4 Å². The molecular weight excluding hydrogens is 200 g/mol. The summed E-state index contributed by atoms with van der Waals surface area (Å²) in [6, 6.07) is 0.669. The lowest BCUT2D eigenvalue weighted by Crippen LogP contribution is -2.55. The van der Waals surface area contributed by atoms with Gasteiger partial charge in [-0.05, 0) is 31.8 Å². The molecule has 2 bridgehead atoms. The summed E-state index contributed by atoms with van der Waals surface area (Å²) in [6.07, 6.45) is 8.09. The minimum absolute atomic E-state index is 0.669. The Hall–Kier alpha value is -1.00. The first-order valence-corrected chi connectivity index (χ1v) is 6.11. The average molecular weight is 218 g/mol. The first-order valence-electron chi connectivity index (χ1n) is 6.11. The lowest BCUT2D eigenvalue weighted by atomic mass is 9.84. The van der Waals surface area contributed by atoms with Gasteiger partial charge in [0, 0.05) is 37.1 Å². The fourth-order valence-corrected chi connectivity index (χ4v) is 2.87. The van der Waals surface area contributed by atoms with Gasteiger partial charge in [-0.25, -0.2) is 9.97 Å². The van der Waals surface area contributed by atoms with E-state index in [1.807, 2.05) is 12.4 Å². The van der Waals surface area contributed by atoms with E-state index in [1.165, 1.54) is 38.0 Å². The molecule has 3 fully saturated rings. The van der Waals surface area contributed by atoms with Gasteiger partial charge in [-0.2, -0.15) is 0 Å². The zero-order valence-corrected chi connectivity index (χ0v) is 9.47. The molecule has 0 aliphatic carbocycles. The third kappa shape index (κ3) is 2.08. The summed E-state index contributed by atoms with van der Waals surface area (Å²) >= 11 is 0. The van der Waals surface area contributed by atoms with E-state index in [4.69, 9.17) is 0 Å². The Morgan fingerprint density at radius 3 is 2.62 bits per heavy atom. The first-order chi connectivity index (χ1) is 7.92. The lowest BCUT2D eigenvalue weighted by molar-refractivity contribution is 0.0720. The zero-order chi connectivity index (χ0) is 10.8. The molecule has 0 saturated carbocycles. The number of hydrogen-bond donors (Lipinski definition) is 1. The van der Waals surface area contributed by atoms with Crippen LogP contribution in [0.1, 0.15) is 18.4 Å². The molecule has 16 heavy (non-hydrogen) atoms. The molecule has 0 aromatic carbocycles. The second kappa shape index (κ2) is 4.47. The molecule has 1 aromatic rings. The largest absolute Gasteiger partial charge is 0.308 e. The Morgan fingerprint density at radius 2 is 2.00 bits per heavy atom. The van der Waals surface area contributed by atoms with Crippen molar-refractivity contribution in [2.24, 2.45) is 5.92 Å². The van der Waals surface area contributed by atoms with E-state index >= 15 is 0 Å². The van der Waals surface area contributed by atoms with Crippen molar-refractivity contribution in [3.05, 3.63) is 24.3 Å². The van der Waals surface area contributed by atoms with Gasteiger partial charge in [0.25, 0.3) is 0 Å². The Bertz CT molecular complexity index is 332. The molecule has 4 heterocycles. The SMILES string of the molecule is c1ncc(CNC2CN3CCC2CC3)cn1. The fraction of sp³-hybridized carbons (Fsp3) is 0.667. The Labute approximate surface area is 96.1 Å². The summed E-state index contributed by atoms with van der Waals surface area (Å²) < 4.78 is 0. The molecule has 4 rings (SSSR count). The Kier molecular flexibility index (Phi) is 2.84. The smallest absolute Gasteiger partial charge is 0.115 e. The molecule has 3 aliphatic rings. The molecule has 3 aliphatic heterocycles. The minimum atomic E-state index is 0.669. The Morgan fingerprint density at radius 1 is 1.25 bits per heavy atom. The van der Waals surface area contributed by atoms with E-state index in [0.717, 1.165) is 12.5 Å². The molecule has 4 nitrogen and oxygen atoms in total. The second-order valence-electron chi connectivity index (χ2n) is 4.87. The maximum absolute atomic E-state index is 4.03. The highest BCUT2D eigenvalue weighted by atomic mass is 15.2. The van der Waals surface area contributed by atoms with Gasteiger partial charge in [-0.3, -0.25) is 0 Å². The van der Waals surface area contributed by atoms with Crippen LogP contribution in [0.25, 0.3) is 0 Å². The maximum atomic E-state index is 4.03. The number of nitrogens with zero attached hydrogens (tertiary/aromatic N) is 3. The summed E-state index contributed by atoms with van der Waals surface area (Å²) in [5, 5.41) is 3.65. The van der Waals surface area contributed by atoms with Crippen LogP contribution in [-0.4, -0.2) is 40.5 Å². The number of fused-ring (bicyclic) bond motifs is 3. The number of aromatic nitrogens is 2. The van der Waals surface area contributed by atoms with E-state index in [2.05, 4.69) is 20.2 Å². The van der Waals surface area contributed by atoms with Gasteiger partial charge in [0.05, 0.1) is 0 Å². The van der Waals surface area contributed by atoms with Crippen LogP contribution in [0.15, 0.2) is 18.7 Å². The summed E-state index contributed by atoms with van der Waals surface area (Å²) in [6.45, 7) is 4.72. The number of piperidine rings is 3. The highest BCUT2D eigenvalue weighted by Crippen LogP contribution is 2.27. The molecule has 1 unspecified atom stereocenters. The zero-order valence-electron chi connectivity index (χ0n) is 9.47.